The van der Waals surface area contributed by atoms with Gasteiger partial charge in [0.15, 0.2) is 6.61 Å². The Hall–Kier alpha value is -3.02. The van der Waals surface area contributed by atoms with Crippen LogP contribution < -0.4 is 15.4 Å². The fraction of sp³-hybridized carbons (Fsp3) is 0.0476. The number of rotatable bonds is 6. The molecule has 0 fully saturated rings. The number of amides is 2. The molecule has 0 aliphatic carbocycles. The quantitative estimate of drug-likeness (QED) is 0.577. The molecule has 5 nitrogen and oxygen atoms in total. The van der Waals surface area contributed by atoms with E-state index in [1.54, 1.807) is 72.8 Å². The Kier molecular flexibility index (Phi) is 6.53. The monoisotopic (exact) mass is 414 g/mol. The lowest BCUT2D eigenvalue weighted by atomic mass is 10.1. The van der Waals surface area contributed by atoms with Crippen molar-refractivity contribution in [3.63, 3.8) is 0 Å². The summed E-state index contributed by atoms with van der Waals surface area (Å²) in [5.74, 6) is -0.216. The zero-order valence-electron chi connectivity index (χ0n) is 14.6. The average Bonchev–Trinajstić information content (AvgIpc) is 2.69. The van der Waals surface area contributed by atoms with Crippen LogP contribution in [0.2, 0.25) is 10.0 Å². The summed E-state index contributed by atoms with van der Waals surface area (Å²) in [4.78, 5) is 24.8. The Morgan fingerprint density at radius 2 is 1.39 bits per heavy atom. The van der Waals surface area contributed by atoms with Gasteiger partial charge in [-0.3, -0.25) is 9.59 Å². The van der Waals surface area contributed by atoms with E-state index in [0.29, 0.717) is 32.7 Å². The molecule has 28 heavy (non-hydrogen) atoms. The molecule has 0 bridgehead atoms. The van der Waals surface area contributed by atoms with Crippen LogP contribution in [0.15, 0.2) is 72.8 Å². The Bertz CT molecular complexity index is 974. The van der Waals surface area contributed by atoms with Crippen LogP contribution in [0.3, 0.4) is 0 Å². The van der Waals surface area contributed by atoms with Crippen molar-refractivity contribution in [2.45, 2.75) is 0 Å². The van der Waals surface area contributed by atoms with Crippen LogP contribution in [0.1, 0.15) is 10.4 Å². The third-order valence-electron chi connectivity index (χ3n) is 3.73. The van der Waals surface area contributed by atoms with Crippen molar-refractivity contribution in [1.29, 1.82) is 0 Å². The van der Waals surface area contributed by atoms with Gasteiger partial charge in [-0.15, -0.1) is 0 Å². The summed E-state index contributed by atoms with van der Waals surface area (Å²) in [5.41, 5.74) is 1.32. The topological polar surface area (TPSA) is 67.4 Å². The van der Waals surface area contributed by atoms with Crippen LogP contribution in [0.4, 0.5) is 11.4 Å². The number of carbonyl (C=O) groups is 2. The van der Waals surface area contributed by atoms with Gasteiger partial charge in [-0.1, -0.05) is 35.3 Å². The summed E-state index contributed by atoms with van der Waals surface area (Å²) in [5, 5.41) is 6.62. The molecule has 3 aromatic rings. The molecule has 3 aromatic carbocycles. The van der Waals surface area contributed by atoms with Gasteiger partial charge in [0, 0.05) is 15.7 Å². The largest absolute Gasteiger partial charge is 0.484 e. The number of hydrogen-bond donors (Lipinski definition) is 2. The van der Waals surface area contributed by atoms with E-state index >= 15 is 0 Å². The maximum atomic E-state index is 12.6. The van der Waals surface area contributed by atoms with E-state index in [-0.39, 0.29) is 18.4 Å². The van der Waals surface area contributed by atoms with E-state index in [0.717, 1.165) is 0 Å². The maximum Gasteiger partial charge on any atom is 0.262 e. The summed E-state index contributed by atoms with van der Waals surface area (Å²) in [6.45, 7) is -0.200. The van der Waals surface area contributed by atoms with Gasteiger partial charge in [0.25, 0.3) is 11.8 Å². The van der Waals surface area contributed by atoms with Gasteiger partial charge in [0.1, 0.15) is 5.75 Å². The van der Waals surface area contributed by atoms with Gasteiger partial charge in [-0.05, 0) is 60.7 Å². The molecule has 0 unspecified atom stereocenters. The van der Waals surface area contributed by atoms with Crippen molar-refractivity contribution >= 4 is 46.4 Å². The molecule has 142 valence electrons. The first-order chi connectivity index (χ1) is 13.5. The molecule has 0 aromatic heterocycles. The van der Waals surface area contributed by atoms with Gasteiger partial charge in [0.2, 0.25) is 0 Å². The highest BCUT2D eigenvalue weighted by Gasteiger charge is 2.14. The summed E-state index contributed by atoms with van der Waals surface area (Å²) >= 11 is 11.7. The minimum absolute atomic E-state index is 0.200. The van der Waals surface area contributed by atoms with E-state index in [2.05, 4.69) is 10.6 Å². The van der Waals surface area contributed by atoms with E-state index in [1.165, 1.54) is 0 Å². The van der Waals surface area contributed by atoms with E-state index in [1.807, 2.05) is 0 Å². The van der Waals surface area contributed by atoms with Crippen molar-refractivity contribution in [1.82, 2.24) is 0 Å². The minimum atomic E-state index is -0.387. The second kappa shape index (κ2) is 9.26. The first-order valence-electron chi connectivity index (χ1n) is 8.35. The lowest BCUT2D eigenvalue weighted by molar-refractivity contribution is -0.118. The maximum absolute atomic E-state index is 12.6. The number of hydrogen-bond acceptors (Lipinski definition) is 3. The van der Waals surface area contributed by atoms with Gasteiger partial charge < -0.3 is 15.4 Å². The van der Waals surface area contributed by atoms with Gasteiger partial charge in [-0.2, -0.15) is 0 Å². The van der Waals surface area contributed by atoms with E-state index < -0.39 is 0 Å². The summed E-state index contributed by atoms with van der Waals surface area (Å²) < 4.78 is 5.42. The van der Waals surface area contributed by atoms with Crippen LogP contribution in [0.25, 0.3) is 0 Å². The molecule has 0 radical (unpaired) electrons. The number of para-hydroxylation sites is 1. The third kappa shape index (κ3) is 5.49. The summed E-state index contributed by atoms with van der Waals surface area (Å²) in [6.07, 6.45) is 0. The number of halogens is 2. The zero-order valence-corrected chi connectivity index (χ0v) is 16.1. The lowest BCUT2D eigenvalue weighted by Gasteiger charge is -2.12. The molecule has 2 amide bonds. The molecule has 0 aliphatic heterocycles. The zero-order chi connectivity index (χ0) is 19.9. The van der Waals surface area contributed by atoms with Gasteiger partial charge in [0.05, 0.1) is 11.3 Å². The molecular formula is C21H16Cl2N2O3. The van der Waals surface area contributed by atoms with Gasteiger partial charge in [-0.25, -0.2) is 0 Å². The SMILES string of the molecule is O=C(COc1ccc(Cl)cc1)Nc1ccccc1C(=O)Nc1ccc(Cl)cc1. The minimum Gasteiger partial charge on any atom is -0.484 e. The van der Waals surface area contributed by atoms with Crippen LogP contribution in [-0.2, 0) is 4.79 Å². The van der Waals surface area contributed by atoms with Crippen molar-refractivity contribution in [3.8, 4) is 5.75 Å². The number of benzene rings is 3. The molecule has 0 atom stereocenters. The fourth-order valence-electron chi connectivity index (χ4n) is 2.39. The normalized spacial score (nSPS) is 10.2. The van der Waals surface area contributed by atoms with Crippen molar-refractivity contribution in [3.05, 3.63) is 88.4 Å². The number of carbonyl (C=O) groups excluding carboxylic acids is 2. The highest BCUT2D eigenvalue weighted by Crippen LogP contribution is 2.19. The molecule has 0 spiro atoms. The Balaban J connectivity index is 1.64. The average molecular weight is 415 g/mol. The Morgan fingerprint density at radius 3 is 2.07 bits per heavy atom. The van der Waals surface area contributed by atoms with E-state index in [4.69, 9.17) is 27.9 Å². The van der Waals surface area contributed by atoms with Crippen LogP contribution in [0, 0.1) is 0 Å². The molecule has 3 rings (SSSR count). The molecule has 0 saturated heterocycles. The first-order valence-corrected chi connectivity index (χ1v) is 9.11. The van der Waals surface area contributed by atoms with Crippen molar-refractivity contribution in [2.75, 3.05) is 17.2 Å². The highest BCUT2D eigenvalue weighted by atomic mass is 35.5. The van der Waals surface area contributed by atoms with Crippen LogP contribution in [0.5, 0.6) is 5.75 Å². The summed E-state index contributed by atoms with van der Waals surface area (Å²) in [6, 6.07) is 20.2. The lowest BCUT2D eigenvalue weighted by Crippen LogP contribution is -2.22. The number of anilines is 2. The molecule has 0 heterocycles. The molecule has 0 aliphatic rings. The van der Waals surface area contributed by atoms with Crippen LogP contribution >= 0.6 is 23.2 Å². The van der Waals surface area contributed by atoms with Crippen molar-refractivity contribution < 1.29 is 14.3 Å². The second-order valence-electron chi connectivity index (χ2n) is 5.80. The van der Waals surface area contributed by atoms with E-state index in [9.17, 15) is 9.59 Å². The smallest absolute Gasteiger partial charge is 0.262 e. The number of ether oxygens (including phenoxy) is 1. The Labute approximate surface area is 172 Å². The molecular weight excluding hydrogens is 399 g/mol. The predicted octanol–water partition coefficient (Wildman–Crippen LogP) is 5.26. The van der Waals surface area contributed by atoms with Gasteiger partial charge >= 0.3 is 0 Å². The second-order valence-corrected chi connectivity index (χ2v) is 6.67. The summed E-state index contributed by atoms with van der Waals surface area (Å²) in [7, 11) is 0. The molecule has 2 N–H and O–H groups in total. The first kappa shape index (κ1) is 19.7. The highest BCUT2D eigenvalue weighted by molar-refractivity contribution is 6.30. The number of nitrogens with one attached hydrogen (secondary N) is 2. The molecule has 7 heteroatoms. The predicted molar refractivity (Wildman–Crippen MR) is 111 cm³/mol. The molecule has 0 saturated carbocycles. The standard InChI is InChI=1S/C21H16Cl2N2O3/c22-14-5-9-16(10-6-14)24-21(27)18-3-1-2-4-19(18)25-20(26)13-28-17-11-7-15(23)8-12-17/h1-12H,13H2,(H,24,27)(H,25,26). The Morgan fingerprint density at radius 1 is 0.786 bits per heavy atom. The van der Waals surface area contributed by atoms with Crippen LogP contribution in [-0.4, -0.2) is 18.4 Å². The van der Waals surface area contributed by atoms with Crippen molar-refractivity contribution in [2.24, 2.45) is 0 Å². The third-order valence-corrected chi connectivity index (χ3v) is 4.24. The fourth-order valence-corrected chi connectivity index (χ4v) is 2.64.